The number of hydrogen-bond donors (Lipinski definition) is 1. The van der Waals surface area contributed by atoms with Gasteiger partial charge in [0, 0.05) is 17.7 Å². The fourth-order valence-corrected chi connectivity index (χ4v) is 4.26. The highest BCUT2D eigenvalue weighted by molar-refractivity contribution is 7.21. The molecule has 2 heterocycles. The summed E-state index contributed by atoms with van der Waals surface area (Å²) in [6.07, 6.45) is 0. The maximum absolute atomic E-state index is 13.4. The maximum Gasteiger partial charge on any atom is 0.287 e. The number of aromatic nitrogens is 1. The van der Waals surface area contributed by atoms with E-state index in [4.69, 9.17) is 4.42 Å². The molecule has 4 nitrogen and oxygen atoms in total. The molecule has 3 aromatic carbocycles. The van der Waals surface area contributed by atoms with Gasteiger partial charge in [0.25, 0.3) is 5.91 Å². The number of amides is 1. The van der Waals surface area contributed by atoms with Gasteiger partial charge in [0.1, 0.15) is 16.6 Å². The third kappa shape index (κ3) is 4.11. The van der Waals surface area contributed by atoms with Gasteiger partial charge in [-0.05, 0) is 42.0 Å². The number of fused-ring (bicyclic) bond motifs is 1. The van der Waals surface area contributed by atoms with E-state index < -0.39 is 0 Å². The molecular formula is C25H17FN2O2S. The van der Waals surface area contributed by atoms with Crippen molar-refractivity contribution in [3.63, 3.8) is 0 Å². The molecule has 0 bridgehead atoms. The third-order valence-corrected chi connectivity index (χ3v) is 5.97. The van der Waals surface area contributed by atoms with Gasteiger partial charge in [0.2, 0.25) is 0 Å². The zero-order chi connectivity index (χ0) is 21.2. The molecule has 0 aliphatic heterocycles. The molecule has 0 radical (unpaired) electrons. The molecule has 0 saturated carbocycles. The molecule has 1 N–H and O–H groups in total. The summed E-state index contributed by atoms with van der Waals surface area (Å²) < 4.78 is 20.1. The molecule has 152 valence electrons. The number of halogens is 1. The first-order valence-electron chi connectivity index (χ1n) is 9.74. The van der Waals surface area contributed by atoms with Crippen LogP contribution in [-0.2, 0) is 6.54 Å². The molecule has 2 aromatic heterocycles. The second-order valence-corrected chi connectivity index (χ2v) is 8.07. The largest absolute Gasteiger partial charge is 0.451 e. The molecule has 0 aliphatic carbocycles. The van der Waals surface area contributed by atoms with Crippen molar-refractivity contribution in [2.24, 2.45) is 0 Å². The van der Waals surface area contributed by atoms with E-state index >= 15 is 0 Å². The predicted molar refractivity (Wildman–Crippen MR) is 120 cm³/mol. The number of nitrogens with one attached hydrogen (secondary N) is 1. The lowest BCUT2D eigenvalue weighted by Gasteiger charge is -2.05. The number of furan rings is 1. The monoisotopic (exact) mass is 428 g/mol. The quantitative estimate of drug-likeness (QED) is 0.358. The summed E-state index contributed by atoms with van der Waals surface area (Å²) in [4.78, 5) is 17.1. The normalized spacial score (nSPS) is 11.0. The Balaban J connectivity index is 1.24. The van der Waals surface area contributed by atoms with E-state index in [2.05, 4.69) is 16.4 Å². The van der Waals surface area contributed by atoms with Gasteiger partial charge in [-0.2, -0.15) is 0 Å². The summed E-state index contributed by atoms with van der Waals surface area (Å²) in [5.41, 5.74) is 3.59. The molecule has 0 spiro atoms. The Morgan fingerprint density at radius 3 is 2.58 bits per heavy atom. The van der Waals surface area contributed by atoms with Crippen molar-refractivity contribution in [2.75, 3.05) is 0 Å². The van der Waals surface area contributed by atoms with E-state index in [1.54, 1.807) is 35.6 Å². The molecule has 5 aromatic rings. The van der Waals surface area contributed by atoms with Crippen molar-refractivity contribution in [2.45, 2.75) is 6.54 Å². The van der Waals surface area contributed by atoms with E-state index in [9.17, 15) is 9.18 Å². The van der Waals surface area contributed by atoms with Crippen LogP contribution in [0.4, 0.5) is 4.39 Å². The lowest BCUT2D eigenvalue weighted by Crippen LogP contribution is -2.22. The molecule has 0 saturated heterocycles. The van der Waals surface area contributed by atoms with Crippen LogP contribution in [0.1, 0.15) is 16.1 Å². The number of para-hydroxylation sites is 1. The number of hydrogen-bond acceptors (Lipinski definition) is 4. The van der Waals surface area contributed by atoms with Gasteiger partial charge >= 0.3 is 0 Å². The number of thiazole rings is 1. The SMILES string of the molecule is O=C(NCc1ccc(-c2nc3ccccc3s2)cc1)c1ccc(-c2cccc(F)c2)o1. The van der Waals surface area contributed by atoms with Crippen LogP contribution >= 0.6 is 11.3 Å². The van der Waals surface area contributed by atoms with Gasteiger partial charge in [-0.1, -0.05) is 48.5 Å². The molecule has 0 atom stereocenters. The molecule has 6 heteroatoms. The van der Waals surface area contributed by atoms with Crippen molar-refractivity contribution in [1.29, 1.82) is 0 Å². The summed E-state index contributed by atoms with van der Waals surface area (Å²) in [6.45, 7) is 0.370. The van der Waals surface area contributed by atoms with Crippen molar-refractivity contribution in [3.8, 4) is 21.9 Å². The van der Waals surface area contributed by atoms with Gasteiger partial charge in [-0.3, -0.25) is 4.79 Å². The number of rotatable bonds is 5. The van der Waals surface area contributed by atoms with Gasteiger partial charge in [-0.25, -0.2) is 9.37 Å². The van der Waals surface area contributed by atoms with Crippen molar-refractivity contribution in [1.82, 2.24) is 10.3 Å². The van der Waals surface area contributed by atoms with Crippen LogP contribution in [0, 0.1) is 5.82 Å². The minimum Gasteiger partial charge on any atom is -0.451 e. The summed E-state index contributed by atoms with van der Waals surface area (Å²) in [7, 11) is 0. The smallest absolute Gasteiger partial charge is 0.287 e. The minimum absolute atomic E-state index is 0.186. The lowest BCUT2D eigenvalue weighted by molar-refractivity contribution is 0.0924. The maximum atomic E-state index is 13.4. The second kappa shape index (κ2) is 8.16. The standard InChI is InChI=1S/C25H17FN2O2S/c26-19-5-3-4-18(14-19)21-12-13-22(30-21)24(29)27-15-16-8-10-17(11-9-16)25-28-20-6-1-2-7-23(20)31-25/h1-14H,15H2,(H,27,29). The van der Waals surface area contributed by atoms with Crippen molar-refractivity contribution >= 4 is 27.5 Å². The molecule has 0 unspecified atom stereocenters. The molecule has 31 heavy (non-hydrogen) atoms. The molecular weight excluding hydrogens is 411 g/mol. The lowest BCUT2D eigenvalue weighted by atomic mass is 10.1. The van der Waals surface area contributed by atoms with Gasteiger partial charge < -0.3 is 9.73 Å². The first-order valence-corrected chi connectivity index (χ1v) is 10.6. The highest BCUT2D eigenvalue weighted by atomic mass is 32.1. The van der Waals surface area contributed by atoms with Crippen LogP contribution in [0.15, 0.2) is 89.3 Å². The Hall–Kier alpha value is -3.77. The van der Waals surface area contributed by atoms with E-state index in [1.807, 2.05) is 42.5 Å². The Kier molecular flexibility index (Phi) is 5.06. The van der Waals surface area contributed by atoms with Crippen molar-refractivity contribution < 1.29 is 13.6 Å². The van der Waals surface area contributed by atoms with Crippen LogP contribution in [0.3, 0.4) is 0 Å². The van der Waals surface area contributed by atoms with E-state index in [0.29, 0.717) is 17.9 Å². The molecule has 0 aliphatic rings. The first-order chi connectivity index (χ1) is 15.2. The zero-order valence-electron chi connectivity index (χ0n) is 16.3. The van der Waals surface area contributed by atoms with E-state index in [1.165, 1.54) is 12.1 Å². The summed E-state index contributed by atoms with van der Waals surface area (Å²) in [5, 5.41) is 3.82. The van der Waals surface area contributed by atoms with E-state index in [0.717, 1.165) is 26.4 Å². The zero-order valence-corrected chi connectivity index (χ0v) is 17.2. The number of carbonyl (C=O) groups excluding carboxylic acids is 1. The molecule has 5 rings (SSSR count). The highest BCUT2D eigenvalue weighted by Crippen LogP contribution is 2.30. The summed E-state index contributed by atoms with van der Waals surface area (Å²) in [5.74, 6) is -0.0395. The van der Waals surface area contributed by atoms with Gasteiger partial charge in [0.15, 0.2) is 5.76 Å². The minimum atomic E-state index is -0.353. The topological polar surface area (TPSA) is 55.1 Å². The Morgan fingerprint density at radius 1 is 0.935 bits per heavy atom. The molecule has 0 fully saturated rings. The number of benzene rings is 3. The van der Waals surface area contributed by atoms with E-state index in [-0.39, 0.29) is 17.5 Å². The Labute approximate surface area is 182 Å². The second-order valence-electron chi connectivity index (χ2n) is 7.04. The fraction of sp³-hybridized carbons (Fsp3) is 0.0400. The van der Waals surface area contributed by atoms with Crippen molar-refractivity contribution in [3.05, 3.63) is 102 Å². The van der Waals surface area contributed by atoms with Crippen LogP contribution in [0.25, 0.3) is 32.1 Å². The van der Waals surface area contributed by atoms with Gasteiger partial charge in [-0.15, -0.1) is 11.3 Å². The fourth-order valence-electron chi connectivity index (χ4n) is 3.29. The third-order valence-electron chi connectivity index (χ3n) is 4.89. The van der Waals surface area contributed by atoms with Crippen LogP contribution < -0.4 is 5.32 Å². The number of nitrogens with zero attached hydrogens (tertiary/aromatic N) is 1. The first kappa shape index (κ1) is 19.2. The van der Waals surface area contributed by atoms with Gasteiger partial charge in [0.05, 0.1) is 10.2 Å². The van der Waals surface area contributed by atoms with Crippen LogP contribution in [-0.4, -0.2) is 10.9 Å². The number of carbonyl (C=O) groups is 1. The molecule has 1 amide bonds. The highest BCUT2D eigenvalue weighted by Gasteiger charge is 2.13. The Bertz CT molecular complexity index is 1340. The van der Waals surface area contributed by atoms with Crippen LogP contribution in [0.2, 0.25) is 0 Å². The summed E-state index contributed by atoms with van der Waals surface area (Å²) >= 11 is 1.66. The van der Waals surface area contributed by atoms with Crippen LogP contribution in [0.5, 0.6) is 0 Å². The summed E-state index contributed by atoms with van der Waals surface area (Å²) in [6, 6.07) is 25.3. The Morgan fingerprint density at radius 2 is 1.77 bits per heavy atom. The predicted octanol–water partition coefficient (Wildman–Crippen LogP) is 6.29. The average molecular weight is 428 g/mol. The average Bonchev–Trinajstić information content (AvgIpc) is 3.45.